The summed E-state index contributed by atoms with van der Waals surface area (Å²) in [5.41, 5.74) is -0.158. The first-order chi connectivity index (χ1) is 7.50. The highest BCUT2D eigenvalue weighted by Gasteiger charge is 2.41. The van der Waals surface area contributed by atoms with Gasteiger partial charge in [-0.05, 0) is 44.1 Å². The number of carboxylic acid groups (broad SMARTS) is 1. The molecule has 0 saturated heterocycles. The molecule has 1 fully saturated rings. The molecule has 0 heterocycles. The lowest BCUT2D eigenvalue weighted by Crippen LogP contribution is -2.54. The predicted octanol–water partition coefficient (Wildman–Crippen LogP) is 2.66. The number of rotatable bonds is 5. The molecule has 0 spiro atoms. The van der Waals surface area contributed by atoms with E-state index in [1.807, 2.05) is 0 Å². The van der Waals surface area contributed by atoms with E-state index in [0.29, 0.717) is 5.92 Å². The van der Waals surface area contributed by atoms with Gasteiger partial charge in [-0.1, -0.05) is 20.8 Å². The van der Waals surface area contributed by atoms with Gasteiger partial charge >= 0.3 is 5.97 Å². The van der Waals surface area contributed by atoms with E-state index in [9.17, 15) is 4.79 Å². The molecule has 1 saturated carbocycles. The maximum atomic E-state index is 11.0. The van der Waals surface area contributed by atoms with Crippen LogP contribution in [0.1, 0.15) is 52.9 Å². The zero-order chi connectivity index (χ0) is 12.2. The predicted molar refractivity (Wildman–Crippen MR) is 65.5 cm³/mol. The summed E-state index contributed by atoms with van der Waals surface area (Å²) in [7, 11) is 0. The molecule has 3 heteroatoms. The average molecular weight is 227 g/mol. The zero-order valence-corrected chi connectivity index (χ0v) is 10.8. The SMILES string of the molecule is CCCNC1(CC(=O)O)CCC(C)CC1C. The van der Waals surface area contributed by atoms with E-state index in [1.54, 1.807) is 0 Å². The van der Waals surface area contributed by atoms with Crippen molar-refractivity contribution in [2.45, 2.75) is 58.4 Å². The van der Waals surface area contributed by atoms with Crippen LogP contribution in [0.2, 0.25) is 0 Å². The van der Waals surface area contributed by atoms with E-state index in [0.717, 1.165) is 38.1 Å². The summed E-state index contributed by atoms with van der Waals surface area (Å²) in [5, 5.41) is 12.6. The van der Waals surface area contributed by atoms with Gasteiger partial charge in [0.15, 0.2) is 0 Å². The van der Waals surface area contributed by atoms with Crippen LogP contribution in [0.25, 0.3) is 0 Å². The maximum absolute atomic E-state index is 11.0. The van der Waals surface area contributed by atoms with Crippen LogP contribution < -0.4 is 5.32 Å². The molecule has 3 atom stereocenters. The van der Waals surface area contributed by atoms with E-state index in [2.05, 4.69) is 26.1 Å². The molecule has 0 bridgehead atoms. The maximum Gasteiger partial charge on any atom is 0.305 e. The molecule has 16 heavy (non-hydrogen) atoms. The van der Waals surface area contributed by atoms with E-state index in [4.69, 9.17) is 5.11 Å². The molecular weight excluding hydrogens is 202 g/mol. The van der Waals surface area contributed by atoms with Gasteiger partial charge in [0.05, 0.1) is 6.42 Å². The van der Waals surface area contributed by atoms with Gasteiger partial charge in [-0.3, -0.25) is 4.79 Å². The quantitative estimate of drug-likeness (QED) is 0.759. The molecule has 94 valence electrons. The fourth-order valence-corrected chi connectivity index (χ4v) is 2.93. The van der Waals surface area contributed by atoms with Crippen LogP contribution in [0, 0.1) is 11.8 Å². The average Bonchev–Trinajstić information content (AvgIpc) is 2.20. The van der Waals surface area contributed by atoms with Crippen LogP contribution in [0.3, 0.4) is 0 Å². The largest absolute Gasteiger partial charge is 0.481 e. The van der Waals surface area contributed by atoms with Crippen molar-refractivity contribution in [2.24, 2.45) is 11.8 Å². The van der Waals surface area contributed by atoms with E-state index >= 15 is 0 Å². The van der Waals surface area contributed by atoms with Gasteiger partial charge in [-0.25, -0.2) is 0 Å². The number of hydrogen-bond donors (Lipinski definition) is 2. The van der Waals surface area contributed by atoms with E-state index < -0.39 is 5.97 Å². The van der Waals surface area contributed by atoms with Crippen molar-refractivity contribution in [3.8, 4) is 0 Å². The minimum atomic E-state index is -0.676. The van der Waals surface area contributed by atoms with Crippen LogP contribution in [0.5, 0.6) is 0 Å². The second-order valence-electron chi connectivity index (χ2n) is 5.43. The summed E-state index contributed by atoms with van der Waals surface area (Å²) < 4.78 is 0. The molecule has 3 unspecified atom stereocenters. The minimum absolute atomic E-state index is 0.158. The molecule has 2 N–H and O–H groups in total. The third-order valence-electron chi connectivity index (χ3n) is 3.98. The van der Waals surface area contributed by atoms with Crippen molar-refractivity contribution < 1.29 is 9.90 Å². The molecule has 0 amide bonds. The van der Waals surface area contributed by atoms with Crippen molar-refractivity contribution in [1.29, 1.82) is 0 Å². The van der Waals surface area contributed by atoms with Crippen molar-refractivity contribution in [3.05, 3.63) is 0 Å². The van der Waals surface area contributed by atoms with Gasteiger partial charge in [0.25, 0.3) is 0 Å². The number of carbonyl (C=O) groups is 1. The first-order valence-electron chi connectivity index (χ1n) is 6.47. The molecule has 0 aliphatic heterocycles. The summed E-state index contributed by atoms with van der Waals surface area (Å²) in [4.78, 5) is 11.0. The van der Waals surface area contributed by atoms with Crippen molar-refractivity contribution in [3.63, 3.8) is 0 Å². The summed E-state index contributed by atoms with van der Waals surface area (Å²) in [6, 6.07) is 0. The number of carboxylic acids is 1. The highest BCUT2D eigenvalue weighted by Crippen LogP contribution is 2.38. The van der Waals surface area contributed by atoms with Gasteiger partial charge in [0, 0.05) is 5.54 Å². The molecule has 0 aromatic rings. The lowest BCUT2D eigenvalue weighted by Gasteiger charge is -2.45. The Kier molecular flexibility index (Phi) is 4.78. The summed E-state index contributed by atoms with van der Waals surface area (Å²) in [5.74, 6) is 0.518. The van der Waals surface area contributed by atoms with E-state index in [1.165, 1.54) is 0 Å². The third-order valence-corrected chi connectivity index (χ3v) is 3.98. The standard InChI is InChI=1S/C13H25NO2/c1-4-7-14-13(9-12(15)16)6-5-10(2)8-11(13)3/h10-11,14H,4-9H2,1-3H3,(H,15,16). The Morgan fingerprint density at radius 3 is 2.69 bits per heavy atom. The summed E-state index contributed by atoms with van der Waals surface area (Å²) >= 11 is 0. The van der Waals surface area contributed by atoms with Gasteiger partial charge in [0.2, 0.25) is 0 Å². The normalized spacial score (nSPS) is 34.9. The highest BCUT2D eigenvalue weighted by molar-refractivity contribution is 5.68. The Hall–Kier alpha value is -0.570. The first-order valence-corrected chi connectivity index (χ1v) is 6.47. The Bertz CT molecular complexity index is 238. The Labute approximate surface area is 98.6 Å². The summed E-state index contributed by atoms with van der Waals surface area (Å²) in [6.07, 6.45) is 4.62. The van der Waals surface area contributed by atoms with Crippen LogP contribution in [-0.2, 0) is 4.79 Å². The smallest absolute Gasteiger partial charge is 0.305 e. The van der Waals surface area contributed by atoms with Gasteiger partial charge in [-0.2, -0.15) is 0 Å². The minimum Gasteiger partial charge on any atom is -0.481 e. The van der Waals surface area contributed by atoms with Crippen LogP contribution in [0.4, 0.5) is 0 Å². The Balaban J connectivity index is 2.72. The lowest BCUT2D eigenvalue weighted by molar-refractivity contribution is -0.140. The van der Waals surface area contributed by atoms with Gasteiger partial charge < -0.3 is 10.4 Å². The Morgan fingerprint density at radius 2 is 2.19 bits per heavy atom. The molecule has 0 radical (unpaired) electrons. The number of aliphatic carboxylic acids is 1. The van der Waals surface area contributed by atoms with E-state index in [-0.39, 0.29) is 12.0 Å². The molecule has 3 nitrogen and oxygen atoms in total. The monoisotopic (exact) mass is 227 g/mol. The lowest BCUT2D eigenvalue weighted by atomic mass is 9.68. The molecule has 0 aromatic carbocycles. The molecular formula is C13H25NO2. The van der Waals surface area contributed by atoms with Crippen molar-refractivity contribution in [2.75, 3.05) is 6.54 Å². The molecule has 0 aromatic heterocycles. The number of nitrogens with one attached hydrogen (secondary N) is 1. The second kappa shape index (κ2) is 5.67. The highest BCUT2D eigenvalue weighted by atomic mass is 16.4. The fraction of sp³-hybridized carbons (Fsp3) is 0.923. The Morgan fingerprint density at radius 1 is 1.50 bits per heavy atom. The topological polar surface area (TPSA) is 49.3 Å². The van der Waals surface area contributed by atoms with Crippen LogP contribution >= 0.6 is 0 Å². The summed E-state index contributed by atoms with van der Waals surface area (Å²) in [6.45, 7) is 7.51. The third kappa shape index (κ3) is 3.21. The fourth-order valence-electron chi connectivity index (χ4n) is 2.93. The second-order valence-corrected chi connectivity index (χ2v) is 5.43. The zero-order valence-electron chi connectivity index (χ0n) is 10.8. The van der Waals surface area contributed by atoms with Gasteiger partial charge in [0.1, 0.15) is 0 Å². The number of hydrogen-bond acceptors (Lipinski definition) is 2. The molecule has 1 rings (SSSR count). The molecule has 1 aliphatic carbocycles. The molecule has 1 aliphatic rings. The first kappa shape index (κ1) is 13.5. The van der Waals surface area contributed by atoms with Gasteiger partial charge in [-0.15, -0.1) is 0 Å². The van der Waals surface area contributed by atoms with Crippen LogP contribution in [0.15, 0.2) is 0 Å². The van der Waals surface area contributed by atoms with Crippen LogP contribution in [-0.4, -0.2) is 23.2 Å². The van der Waals surface area contributed by atoms with Crippen molar-refractivity contribution in [1.82, 2.24) is 5.32 Å². The van der Waals surface area contributed by atoms with Crippen molar-refractivity contribution >= 4 is 5.97 Å².